The van der Waals surface area contributed by atoms with Gasteiger partial charge >= 0.3 is 0 Å². The first-order chi connectivity index (χ1) is 28.8. The van der Waals surface area contributed by atoms with E-state index in [9.17, 15) is 0 Å². The number of hydrogen-bond donors (Lipinski definition) is 0. The zero-order chi connectivity index (χ0) is 38.9. The van der Waals surface area contributed by atoms with Crippen molar-refractivity contribution >= 4 is 0 Å². The first-order valence-corrected chi connectivity index (χ1v) is 19.6. The van der Waals surface area contributed by atoms with Crippen LogP contribution in [-0.4, -0.2) is 0 Å². The van der Waals surface area contributed by atoms with Crippen molar-refractivity contribution in [2.75, 3.05) is 0 Å². The highest BCUT2D eigenvalue weighted by atomic mass is 14.3. The standard InChI is InChI=1S/C58H38/c1-8-22-43(23-9-1)36-38-45-40-46(39-37-44-24-10-2-11-25-44)42-52(41-45)58-56(50-32-18-6-19-33-50)54(48-28-14-4-15-29-48)53(47-26-12-3-13-27-47)55(49-30-16-5-17-31-49)57(58)51-34-20-7-21-35-51/h1-35,40-42H. The molecule has 0 nitrogen and oxygen atoms in total. The van der Waals surface area contributed by atoms with Gasteiger partial charge in [0.15, 0.2) is 0 Å². The fourth-order valence-electron chi connectivity index (χ4n) is 7.75. The smallest absolute Gasteiger partial charge is 0.0267 e. The molecule has 0 fully saturated rings. The lowest BCUT2D eigenvalue weighted by Gasteiger charge is -2.29. The Kier molecular flexibility index (Phi) is 10.4. The molecule has 0 amide bonds. The SMILES string of the molecule is C(#Cc1cc(C#Cc2ccccc2)cc(-c2c(-c3ccccc3)c(-c3ccccc3)c(-c3ccccc3)c(-c3ccccc3)c2-c2ccccc2)c1)c1ccccc1. The maximum Gasteiger partial charge on any atom is 0.0267 e. The molecule has 9 aromatic rings. The lowest BCUT2D eigenvalue weighted by Crippen LogP contribution is -2.02. The van der Waals surface area contributed by atoms with Crippen LogP contribution in [0.25, 0.3) is 66.8 Å². The van der Waals surface area contributed by atoms with Crippen LogP contribution in [0.1, 0.15) is 22.3 Å². The second-order valence-electron chi connectivity index (χ2n) is 14.1. The van der Waals surface area contributed by atoms with Crippen LogP contribution < -0.4 is 0 Å². The van der Waals surface area contributed by atoms with Gasteiger partial charge in [-0.15, -0.1) is 0 Å². The maximum atomic E-state index is 3.54. The van der Waals surface area contributed by atoms with E-state index in [1.165, 1.54) is 16.7 Å². The van der Waals surface area contributed by atoms with Crippen LogP contribution in [0.4, 0.5) is 0 Å². The number of hydrogen-bond acceptors (Lipinski definition) is 0. The summed E-state index contributed by atoms with van der Waals surface area (Å²) in [7, 11) is 0. The fourth-order valence-corrected chi connectivity index (χ4v) is 7.75. The predicted octanol–water partition coefficient (Wildman–Crippen LogP) is 14.5. The number of rotatable bonds is 6. The molecule has 9 aromatic carbocycles. The third-order valence-corrected chi connectivity index (χ3v) is 10.3. The molecule has 0 aliphatic rings. The molecule has 0 aliphatic carbocycles. The third kappa shape index (κ3) is 7.65. The molecule has 0 radical (unpaired) electrons. The molecule has 0 heterocycles. The summed E-state index contributed by atoms with van der Waals surface area (Å²) in [4.78, 5) is 0. The highest BCUT2D eigenvalue weighted by molar-refractivity contribution is 6.15. The molecular weight excluding hydrogens is 697 g/mol. The van der Waals surface area contributed by atoms with Crippen molar-refractivity contribution in [1.82, 2.24) is 0 Å². The average molecular weight is 735 g/mol. The molecule has 0 N–H and O–H groups in total. The molecule has 0 spiro atoms. The Morgan fingerprint density at radius 2 is 0.379 bits per heavy atom. The largest absolute Gasteiger partial charge is 0.0622 e. The summed E-state index contributed by atoms with van der Waals surface area (Å²) < 4.78 is 0. The van der Waals surface area contributed by atoms with Gasteiger partial charge in [0.1, 0.15) is 0 Å². The van der Waals surface area contributed by atoms with Gasteiger partial charge in [-0.25, -0.2) is 0 Å². The van der Waals surface area contributed by atoms with E-state index in [2.05, 4.69) is 218 Å². The summed E-state index contributed by atoms with van der Waals surface area (Å²) in [6.45, 7) is 0. The summed E-state index contributed by atoms with van der Waals surface area (Å²) in [5, 5.41) is 0. The van der Waals surface area contributed by atoms with Gasteiger partial charge in [0, 0.05) is 22.3 Å². The molecule has 9 rings (SSSR count). The first-order valence-electron chi connectivity index (χ1n) is 19.6. The summed E-state index contributed by atoms with van der Waals surface area (Å²) >= 11 is 0. The Hall–Kier alpha value is -7.90. The fraction of sp³-hybridized carbons (Fsp3) is 0. The molecule has 0 bridgehead atoms. The normalized spacial score (nSPS) is 10.5. The van der Waals surface area contributed by atoms with Crippen molar-refractivity contribution in [2.45, 2.75) is 0 Å². The van der Waals surface area contributed by atoms with Gasteiger partial charge in [-0.1, -0.05) is 212 Å². The maximum absolute atomic E-state index is 3.54. The Bertz CT molecular complexity index is 2750. The van der Waals surface area contributed by atoms with E-state index in [0.29, 0.717) is 0 Å². The zero-order valence-electron chi connectivity index (χ0n) is 31.9. The Morgan fingerprint density at radius 1 is 0.172 bits per heavy atom. The molecule has 0 heteroatoms. The van der Waals surface area contributed by atoms with Crippen LogP contribution in [0.5, 0.6) is 0 Å². The van der Waals surface area contributed by atoms with Crippen LogP contribution >= 0.6 is 0 Å². The van der Waals surface area contributed by atoms with Gasteiger partial charge in [-0.3, -0.25) is 0 Å². The van der Waals surface area contributed by atoms with Crippen molar-refractivity contribution < 1.29 is 0 Å². The second kappa shape index (κ2) is 16.9. The molecular formula is C58H38. The van der Waals surface area contributed by atoms with E-state index in [0.717, 1.165) is 72.3 Å². The van der Waals surface area contributed by atoms with E-state index in [1.807, 2.05) is 36.4 Å². The summed E-state index contributed by atoms with van der Waals surface area (Å²) in [6, 6.07) is 81.3. The van der Waals surface area contributed by atoms with E-state index >= 15 is 0 Å². The van der Waals surface area contributed by atoms with Crippen molar-refractivity contribution in [1.29, 1.82) is 0 Å². The highest BCUT2D eigenvalue weighted by Gasteiger charge is 2.29. The Morgan fingerprint density at radius 3 is 0.638 bits per heavy atom. The molecule has 0 aliphatic heterocycles. The molecule has 0 unspecified atom stereocenters. The quantitative estimate of drug-likeness (QED) is 0.149. The molecule has 0 saturated carbocycles. The summed E-state index contributed by atoms with van der Waals surface area (Å²) in [5.41, 5.74) is 17.4. The first kappa shape index (κ1) is 35.8. The Labute approximate surface area is 341 Å². The topological polar surface area (TPSA) is 0 Å². The van der Waals surface area contributed by atoms with Crippen LogP contribution in [0.15, 0.2) is 231 Å². The van der Waals surface area contributed by atoms with E-state index in [-0.39, 0.29) is 0 Å². The summed E-state index contributed by atoms with van der Waals surface area (Å²) in [5.74, 6) is 14.0. The monoisotopic (exact) mass is 734 g/mol. The molecule has 58 heavy (non-hydrogen) atoms. The summed E-state index contributed by atoms with van der Waals surface area (Å²) in [6.07, 6.45) is 0. The van der Waals surface area contributed by atoms with E-state index < -0.39 is 0 Å². The second-order valence-corrected chi connectivity index (χ2v) is 14.1. The van der Waals surface area contributed by atoms with E-state index in [1.54, 1.807) is 0 Å². The minimum Gasteiger partial charge on any atom is -0.0622 e. The van der Waals surface area contributed by atoms with Crippen LogP contribution in [-0.2, 0) is 0 Å². The Balaban J connectivity index is 1.50. The molecule has 0 saturated heterocycles. The van der Waals surface area contributed by atoms with Crippen molar-refractivity contribution in [3.8, 4) is 90.4 Å². The lowest BCUT2D eigenvalue weighted by molar-refractivity contribution is 1.50. The minimum atomic E-state index is 0.895. The van der Waals surface area contributed by atoms with Crippen LogP contribution in [0, 0.1) is 23.7 Å². The predicted molar refractivity (Wildman–Crippen MR) is 244 cm³/mol. The lowest BCUT2D eigenvalue weighted by atomic mass is 9.74. The van der Waals surface area contributed by atoms with Gasteiger partial charge < -0.3 is 0 Å². The van der Waals surface area contributed by atoms with Gasteiger partial charge in [0.2, 0.25) is 0 Å². The molecule has 270 valence electrons. The number of benzene rings is 9. The van der Waals surface area contributed by atoms with E-state index in [4.69, 9.17) is 0 Å². The van der Waals surface area contributed by atoms with Gasteiger partial charge in [0.05, 0.1) is 0 Å². The van der Waals surface area contributed by atoms with Crippen molar-refractivity contribution in [3.05, 3.63) is 253 Å². The van der Waals surface area contributed by atoms with Crippen molar-refractivity contribution in [3.63, 3.8) is 0 Å². The van der Waals surface area contributed by atoms with Gasteiger partial charge in [-0.05, 0) is 109 Å². The highest BCUT2D eigenvalue weighted by Crippen LogP contribution is 2.55. The van der Waals surface area contributed by atoms with Crippen LogP contribution in [0.3, 0.4) is 0 Å². The van der Waals surface area contributed by atoms with Crippen LogP contribution in [0.2, 0.25) is 0 Å². The van der Waals surface area contributed by atoms with Gasteiger partial charge in [0.25, 0.3) is 0 Å². The zero-order valence-corrected chi connectivity index (χ0v) is 31.9. The van der Waals surface area contributed by atoms with Crippen molar-refractivity contribution in [2.24, 2.45) is 0 Å². The minimum absolute atomic E-state index is 0.895. The molecule has 0 aromatic heterocycles. The average Bonchev–Trinajstić information content (AvgIpc) is 3.31. The molecule has 0 atom stereocenters. The van der Waals surface area contributed by atoms with Gasteiger partial charge in [-0.2, -0.15) is 0 Å². The third-order valence-electron chi connectivity index (χ3n) is 10.3.